The van der Waals surface area contributed by atoms with Crippen molar-refractivity contribution >= 4 is 23.3 Å². The van der Waals surface area contributed by atoms with Gasteiger partial charge in [0.15, 0.2) is 0 Å². The zero-order valence-corrected chi connectivity index (χ0v) is 12.2. The second kappa shape index (κ2) is 4.78. The van der Waals surface area contributed by atoms with Crippen LogP contribution in [-0.2, 0) is 10.2 Å². The largest absolute Gasteiger partial charge is 0.334 e. The minimum absolute atomic E-state index is 0.0257. The molecule has 2 rings (SSSR count). The minimum Gasteiger partial charge on any atom is -0.334 e. The molecule has 0 radical (unpaired) electrons. The number of nitrogens with one attached hydrogen (secondary N) is 1. The van der Waals surface area contributed by atoms with Crippen molar-refractivity contribution in [3.05, 3.63) is 22.2 Å². The van der Waals surface area contributed by atoms with Gasteiger partial charge in [-0.15, -0.1) is 11.3 Å². The molecule has 0 atom stereocenters. The predicted molar refractivity (Wildman–Crippen MR) is 75.6 cm³/mol. The van der Waals surface area contributed by atoms with E-state index in [-0.39, 0.29) is 11.3 Å². The van der Waals surface area contributed by atoms with Crippen molar-refractivity contribution in [2.24, 2.45) is 0 Å². The van der Waals surface area contributed by atoms with Gasteiger partial charge >= 0.3 is 0 Å². The first-order chi connectivity index (χ1) is 8.85. The van der Waals surface area contributed by atoms with Crippen LogP contribution in [-0.4, -0.2) is 16.4 Å². The SMILES string of the molecule is CC(C)(C)c1ncc(C=CC(=O)NC2(C#N)CC2)s1. The lowest BCUT2D eigenvalue weighted by Crippen LogP contribution is -2.34. The summed E-state index contributed by atoms with van der Waals surface area (Å²) >= 11 is 1.58. The first-order valence-electron chi connectivity index (χ1n) is 6.22. The first-order valence-corrected chi connectivity index (χ1v) is 7.04. The van der Waals surface area contributed by atoms with Crippen LogP contribution in [0.15, 0.2) is 12.3 Å². The molecular formula is C14H17N3OS. The maximum absolute atomic E-state index is 11.7. The number of nitriles is 1. The average Bonchev–Trinajstić information content (AvgIpc) is 2.91. The van der Waals surface area contributed by atoms with Gasteiger partial charge in [0.2, 0.25) is 5.91 Å². The summed E-state index contributed by atoms with van der Waals surface area (Å²) in [7, 11) is 0. The van der Waals surface area contributed by atoms with Crippen molar-refractivity contribution in [3.8, 4) is 6.07 Å². The number of nitrogens with zero attached hydrogens (tertiary/aromatic N) is 2. The lowest BCUT2D eigenvalue weighted by atomic mass is 9.98. The fraction of sp³-hybridized carbons (Fsp3) is 0.500. The highest BCUT2D eigenvalue weighted by molar-refractivity contribution is 7.12. The van der Waals surface area contributed by atoms with Gasteiger partial charge in [0.25, 0.3) is 0 Å². The molecule has 0 saturated heterocycles. The maximum atomic E-state index is 11.7. The smallest absolute Gasteiger partial charge is 0.245 e. The van der Waals surface area contributed by atoms with Gasteiger partial charge in [0, 0.05) is 22.6 Å². The Hall–Kier alpha value is -1.67. The second-order valence-electron chi connectivity index (χ2n) is 5.83. The van der Waals surface area contributed by atoms with E-state index in [4.69, 9.17) is 5.26 Å². The number of aromatic nitrogens is 1. The van der Waals surface area contributed by atoms with Gasteiger partial charge in [-0.2, -0.15) is 5.26 Å². The van der Waals surface area contributed by atoms with E-state index in [1.54, 1.807) is 23.6 Å². The number of thiazole rings is 1. The fourth-order valence-corrected chi connectivity index (χ4v) is 2.41. The molecular weight excluding hydrogens is 258 g/mol. The molecule has 1 heterocycles. The third kappa shape index (κ3) is 3.42. The van der Waals surface area contributed by atoms with E-state index in [2.05, 4.69) is 37.1 Å². The summed E-state index contributed by atoms with van der Waals surface area (Å²) in [6, 6.07) is 2.13. The molecule has 0 aliphatic heterocycles. The van der Waals surface area contributed by atoms with Gasteiger partial charge in [-0.25, -0.2) is 4.98 Å². The Morgan fingerprint density at radius 3 is 2.74 bits per heavy atom. The van der Waals surface area contributed by atoms with Gasteiger partial charge in [0.05, 0.1) is 11.1 Å². The topological polar surface area (TPSA) is 65.8 Å². The zero-order valence-electron chi connectivity index (χ0n) is 11.4. The molecule has 5 heteroatoms. The van der Waals surface area contributed by atoms with Gasteiger partial charge in [0.1, 0.15) is 5.54 Å². The molecule has 1 aliphatic rings. The third-order valence-electron chi connectivity index (χ3n) is 2.89. The highest BCUT2D eigenvalue weighted by Crippen LogP contribution is 2.34. The molecule has 1 N–H and O–H groups in total. The van der Waals surface area contributed by atoms with Crippen LogP contribution in [0.3, 0.4) is 0 Å². The molecule has 1 aromatic heterocycles. The molecule has 1 aliphatic carbocycles. The number of carbonyl (C=O) groups is 1. The summed E-state index contributed by atoms with van der Waals surface area (Å²) in [5.74, 6) is -0.218. The monoisotopic (exact) mass is 275 g/mol. The standard InChI is InChI=1S/C14H17N3OS/c1-13(2,3)12-16-8-10(19-12)4-5-11(18)17-14(9-15)6-7-14/h4-5,8H,6-7H2,1-3H3,(H,17,18). The second-order valence-corrected chi connectivity index (χ2v) is 6.90. The van der Waals surface area contributed by atoms with Crippen LogP contribution < -0.4 is 5.32 Å². The van der Waals surface area contributed by atoms with E-state index in [1.807, 2.05) is 0 Å². The molecule has 1 amide bonds. The molecule has 0 aromatic carbocycles. The Labute approximate surface area is 117 Å². The fourth-order valence-electron chi connectivity index (χ4n) is 1.54. The number of carbonyl (C=O) groups excluding carboxylic acids is 1. The van der Waals surface area contributed by atoms with Crippen molar-refractivity contribution in [1.82, 2.24) is 10.3 Å². The number of hydrogen-bond acceptors (Lipinski definition) is 4. The Bertz CT molecular complexity index is 556. The normalized spacial score (nSPS) is 17.2. The minimum atomic E-state index is -0.605. The van der Waals surface area contributed by atoms with Crippen LogP contribution in [0.4, 0.5) is 0 Å². The van der Waals surface area contributed by atoms with Crippen LogP contribution >= 0.6 is 11.3 Å². The number of hydrogen-bond donors (Lipinski definition) is 1. The van der Waals surface area contributed by atoms with Gasteiger partial charge in [-0.1, -0.05) is 20.8 Å². The van der Waals surface area contributed by atoms with Gasteiger partial charge in [-0.3, -0.25) is 4.79 Å². The van der Waals surface area contributed by atoms with Gasteiger partial charge < -0.3 is 5.32 Å². The molecule has 0 spiro atoms. The predicted octanol–water partition coefficient (Wildman–Crippen LogP) is 2.63. The Balaban J connectivity index is 1.97. The van der Waals surface area contributed by atoms with E-state index in [1.165, 1.54) is 6.08 Å². The van der Waals surface area contributed by atoms with E-state index in [9.17, 15) is 4.79 Å². The number of rotatable bonds is 3. The average molecular weight is 275 g/mol. The van der Waals surface area contributed by atoms with Crippen LogP contribution in [0.1, 0.15) is 43.5 Å². The summed E-state index contributed by atoms with van der Waals surface area (Å²) in [6.45, 7) is 6.32. The number of amides is 1. The van der Waals surface area contributed by atoms with Crippen LogP contribution in [0.25, 0.3) is 6.08 Å². The molecule has 1 aromatic rings. The van der Waals surface area contributed by atoms with E-state index in [0.29, 0.717) is 0 Å². The van der Waals surface area contributed by atoms with Crippen molar-refractivity contribution < 1.29 is 4.79 Å². The lowest BCUT2D eigenvalue weighted by Gasteiger charge is -2.13. The van der Waals surface area contributed by atoms with Crippen LogP contribution in [0.2, 0.25) is 0 Å². The quantitative estimate of drug-likeness (QED) is 0.862. The molecule has 100 valence electrons. The molecule has 0 bridgehead atoms. The molecule has 1 fully saturated rings. The zero-order chi connectivity index (χ0) is 14.1. The Morgan fingerprint density at radius 2 is 2.26 bits per heavy atom. The summed E-state index contributed by atoms with van der Waals surface area (Å²) in [5.41, 5.74) is -0.580. The maximum Gasteiger partial charge on any atom is 0.245 e. The summed E-state index contributed by atoms with van der Waals surface area (Å²) in [6.07, 6.45) is 6.48. The summed E-state index contributed by atoms with van der Waals surface area (Å²) in [4.78, 5) is 17.0. The molecule has 19 heavy (non-hydrogen) atoms. The first kappa shape index (κ1) is 13.8. The van der Waals surface area contributed by atoms with E-state index < -0.39 is 5.54 Å². The summed E-state index contributed by atoms with van der Waals surface area (Å²) in [5, 5.41) is 12.7. The Morgan fingerprint density at radius 1 is 1.58 bits per heavy atom. The van der Waals surface area contributed by atoms with Crippen molar-refractivity contribution in [2.45, 2.75) is 44.6 Å². The van der Waals surface area contributed by atoms with Gasteiger partial charge in [-0.05, 0) is 18.9 Å². The van der Waals surface area contributed by atoms with Crippen molar-refractivity contribution in [2.75, 3.05) is 0 Å². The highest BCUT2D eigenvalue weighted by Gasteiger charge is 2.44. The Kier molecular flexibility index (Phi) is 3.46. The summed E-state index contributed by atoms with van der Waals surface area (Å²) < 4.78 is 0. The van der Waals surface area contributed by atoms with Crippen molar-refractivity contribution in [3.63, 3.8) is 0 Å². The van der Waals surface area contributed by atoms with E-state index in [0.717, 1.165) is 22.7 Å². The highest BCUT2D eigenvalue weighted by atomic mass is 32.1. The molecule has 4 nitrogen and oxygen atoms in total. The third-order valence-corrected chi connectivity index (χ3v) is 4.28. The molecule has 0 unspecified atom stereocenters. The van der Waals surface area contributed by atoms with E-state index >= 15 is 0 Å². The molecule has 1 saturated carbocycles. The lowest BCUT2D eigenvalue weighted by molar-refractivity contribution is -0.117. The van der Waals surface area contributed by atoms with Crippen LogP contribution in [0.5, 0.6) is 0 Å². The van der Waals surface area contributed by atoms with Crippen molar-refractivity contribution in [1.29, 1.82) is 5.26 Å². The van der Waals surface area contributed by atoms with Crippen LogP contribution in [0, 0.1) is 11.3 Å².